The van der Waals surface area contributed by atoms with Crippen LogP contribution in [-0.2, 0) is 4.74 Å². The average molecular weight is 263 g/mol. The molecule has 0 aliphatic carbocycles. The molecule has 0 bridgehead atoms. The van der Waals surface area contributed by atoms with Crippen molar-refractivity contribution in [3.05, 3.63) is 0 Å². The number of hydrogen-bond acceptors (Lipinski definition) is 1. The molecule has 0 aromatic rings. The SMILES string of the molecule is CCC(CC)CC1(CBr)CCOCC1. The Morgan fingerprint density at radius 3 is 2.21 bits per heavy atom. The van der Waals surface area contributed by atoms with E-state index in [0.29, 0.717) is 5.41 Å². The molecule has 1 aliphatic heterocycles. The smallest absolute Gasteiger partial charge is 0.0471 e. The lowest BCUT2D eigenvalue weighted by Crippen LogP contribution is -2.33. The van der Waals surface area contributed by atoms with E-state index in [-0.39, 0.29) is 0 Å². The second-order valence-electron chi connectivity index (χ2n) is 4.63. The quantitative estimate of drug-likeness (QED) is 0.681. The van der Waals surface area contributed by atoms with Crippen LogP contribution in [0.4, 0.5) is 0 Å². The van der Waals surface area contributed by atoms with Crippen molar-refractivity contribution in [1.29, 1.82) is 0 Å². The molecular formula is C12H23BrO. The Bertz CT molecular complexity index is 148. The topological polar surface area (TPSA) is 9.23 Å². The molecule has 84 valence electrons. The molecule has 14 heavy (non-hydrogen) atoms. The molecule has 0 radical (unpaired) electrons. The van der Waals surface area contributed by atoms with E-state index in [1.807, 2.05) is 0 Å². The van der Waals surface area contributed by atoms with Crippen LogP contribution in [0, 0.1) is 11.3 Å². The third kappa shape index (κ3) is 3.23. The first-order valence-corrected chi connectivity index (χ1v) is 7.02. The third-order valence-corrected chi connectivity index (χ3v) is 4.90. The molecule has 0 saturated carbocycles. The summed E-state index contributed by atoms with van der Waals surface area (Å²) < 4.78 is 5.45. The molecule has 1 rings (SSSR count). The Balaban J connectivity index is 2.50. The number of rotatable bonds is 5. The lowest BCUT2D eigenvalue weighted by Gasteiger charge is -2.38. The molecule has 0 unspecified atom stereocenters. The zero-order chi connectivity index (χ0) is 10.4. The molecule has 2 heteroatoms. The van der Waals surface area contributed by atoms with Crippen LogP contribution in [0.15, 0.2) is 0 Å². The van der Waals surface area contributed by atoms with Crippen LogP contribution >= 0.6 is 15.9 Å². The zero-order valence-electron chi connectivity index (χ0n) is 9.52. The first-order valence-electron chi connectivity index (χ1n) is 5.90. The molecule has 0 amide bonds. The van der Waals surface area contributed by atoms with Crippen molar-refractivity contribution in [3.8, 4) is 0 Å². The fraction of sp³-hybridized carbons (Fsp3) is 1.00. The normalized spacial score (nSPS) is 21.4. The number of alkyl halides is 1. The number of hydrogen-bond donors (Lipinski definition) is 0. The van der Waals surface area contributed by atoms with E-state index >= 15 is 0 Å². The van der Waals surface area contributed by atoms with Gasteiger partial charge < -0.3 is 4.74 Å². The highest BCUT2D eigenvalue weighted by Gasteiger charge is 2.33. The Morgan fingerprint density at radius 1 is 1.21 bits per heavy atom. The summed E-state index contributed by atoms with van der Waals surface area (Å²) in [6.07, 6.45) is 6.52. The molecule has 0 aromatic heterocycles. The van der Waals surface area contributed by atoms with Crippen LogP contribution in [0.1, 0.15) is 46.0 Å². The molecular weight excluding hydrogens is 240 g/mol. The largest absolute Gasteiger partial charge is 0.381 e. The second-order valence-corrected chi connectivity index (χ2v) is 5.19. The van der Waals surface area contributed by atoms with Gasteiger partial charge in [0, 0.05) is 18.5 Å². The van der Waals surface area contributed by atoms with Gasteiger partial charge in [0.1, 0.15) is 0 Å². The molecule has 1 fully saturated rings. The van der Waals surface area contributed by atoms with Gasteiger partial charge in [-0.25, -0.2) is 0 Å². The van der Waals surface area contributed by atoms with Gasteiger partial charge in [-0.3, -0.25) is 0 Å². The van der Waals surface area contributed by atoms with E-state index in [0.717, 1.165) is 24.5 Å². The molecule has 0 spiro atoms. The van der Waals surface area contributed by atoms with E-state index < -0.39 is 0 Å². The third-order valence-electron chi connectivity index (χ3n) is 3.71. The van der Waals surface area contributed by atoms with Crippen molar-refractivity contribution < 1.29 is 4.74 Å². The lowest BCUT2D eigenvalue weighted by molar-refractivity contribution is 0.0142. The van der Waals surface area contributed by atoms with Gasteiger partial charge >= 0.3 is 0 Å². The maximum atomic E-state index is 5.45. The summed E-state index contributed by atoms with van der Waals surface area (Å²) in [5, 5.41) is 1.15. The predicted octanol–water partition coefficient (Wildman–Crippen LogP) is 4.00. The van der Waals surface area contributed by atoms with Crippen molar-refractivity contribution in [3.63, 3.8) is 0 Å². The highest BCUT2D eigenvalue weighted by atomic mass is 79.9. The van der Waals surface area contributed by atoms with Gasteiger partial charge in [-0.05, 0) is 30.6 Å². The van der Waals surface area contributed by atoms with E-state index in [2.05, 4.69) is 29.8 Å². The number of ether oxygens (including phenoxy) is 1. The molecule has 1 saturated heterocycles. The summed E-state index contributed by atoms with van der Waals surface area (Å²) in [5.41, 5.74) is 0.537. The van der Waals surface area contributed by atoms with Crippen molar-refractivity contribution in [2.24, 2.45) is 11.3 Å². The van der Waals surface area contributed by atoms with Crippen LogP contribution in [0.25, 0.3) is 0 Å². The Labute approximate surface area is 96.7 Å². The number of halogens is 1. The first kappa shape index (κ1) is 12.5. The monoisotopic (exact) mass is 262 g/mol. The van der Waals surface area contributed by atoms with Gasteiger partial charge in [0.25, 0.3) is 0 Å². The van der Waals surface area contributed by atoms with E-state index in [1.165, 1.54) is 32.1 Å². The van der Waals surface area contributed by atoms with Gasteiger partial charge in [-0.1, -0.05) is 42.6 Å². The maximum absolute atomic E-state index is 5.45. The standard InChI is InChI=1S/C12H23BrO/c1-3-11(4-2)9-12(10-13)5-7-14-8-6-12/h11H,3-10H2,1-2H3. The highest BCUT2D eigenvalue weighted by molar-refractivity contribution is 9.09. The minimum atomic E-state index is 0.537. The Kier molecular flexibility index (Phi) is 5.47. The van der Waals surface area contributed by atoms with E-state index in [9.17, 15) is 0 Å². The van der Waals surface area contributed by atoms with Crippen molar-refractivity contribution in [1.82, 2.24) is 0 Å². The predicted molar refractivity (Wildman–Crippen MR) is 65.0 cm³/mol. The first-order chi connectivity index (χ1) is 6.76. The molecule has 0 atom stereocenters. The van der Waals surface area contributed by atoms with Crippen molar-refractivity contribution in [2.75, 3.05) is 18.5 Å². The second kappa shape index (κ2) is 6.12. The van der Waals surface area contributed by atoms with Gasteiger partial charge in [0.05, 0.1) is 0 Å². The summed E-state index contributed by atoms with van der Waals surface area (Å²) in [6, 6.07) is 0. The summed E-state index contributed by atoms with van der Waals surface area (Å²) in [4.78, 5) is 0. The summed E-state index contributed by atoms with van der Waals surface area (Å²) in [7, 11) is 0. The molecule has 0 N–H and O–H groups in total. The minimum absolute atomic E-state index is 0.537. The highest BCUT2D eigenvalue weighted by Crippen LogP contribution is 2.40. The average Bonchev–Trinajstić information content (AvgIpc) is 2.27. The van der Waals surface area contributed by atoms with Crippen molar-refractivity contribution >= 4 is 15.9 Å². The van der Waals surface area contributed by atoms with Gasteiger partial charge in [-0.2, -0.15) is 0 Å². The maximum Gasteiger partial charge on any atom is 0.0471 e. The zero-order valence-corrected chi connectivity index (χ0v) is 11.1. The Morgan fingerprint density at radius 2 is 1.79 bits per heavy atom. The van der Waals surface area contributed by atoms with Gasteiger partial charge in [0.2, 0.25) is 0 Å². The summed E-state index contributed by atoms with van der Waals surface area (Å²) >= 11 is 3.70. The molecule has 1 aliphatic rings. The van der Waals surface area contributed by atoms with E-state index in [1.54, 1.807) is 0 Å². The molecule has 0 aromatic carbocycles. The summed E-state index contributed by atoms with van der Waals surface area (Å²) in [5.74, 6) is 0.908. The van der Waals surface area contributed by atoms with Crippen LogP contribution < -0.4 is 0 Å². The minimum Gasteiger partial charge on any atom is -0.381 e. The van der Waals surface area contributed by atoms with Gasteiger partial charge in [-0.15, -0.1) is 0 Å². The molecule has 1 nitrogen and oxygen atoms in total. The fourth-order valence-electron chi connectivity index (χ4n) is 2.39. The summed E-state index contributed by atoms with van der Waals surface area (Å²) in [6.45, 7) is 6.56. The van der Waals surface area contributed by atoms with Crippen LogP contribution in [-0.4, -0.2) is 18.5 Å². The van der Waals surface area contributed by atoms with Crippen LogP contribution in [0.5, 0.6) is 0 Å². The molecule has 1 heterocycles. The van der Waals surface area contributed by atoms with Gasteiger partial charge in [0.15, 0.2) is 0 Å². The van der Waals surface area contributed by atoms with E-state index in [4.69, 9.17) is 4.74 Å². The lowest BCUT2D eigenvalue weighted by atomic mass is 9.74. The van der Waals surface area contributed by atoms with Crippen LogP contribution in [0.3, 0.4) is 0 Å². The fourth-order valence-corrected chi connectivity index (χ4v) is 3.18. The Hall–Kier alpha value is 0.440. The van der Waals surface area contributed by atoms with Crippen LogP contribution in [0.2, 0.25) is 0 Å². The van der Waals surface area contributed by atoms with Crippen molar-refractivity contribution in [2.45, 2.75) is 46.0 Å².